The van der Waals surface area contributed by atoms with Crippen LogP contribution < -0.4 is 4.90 Å². The number of rotatable bonds is 2. The molecule has 3 rings (SSSR count). The second kappa shape index (κ2) is 4.63. The lowest BCUT2D eigenvalue weighted by Gasteiger charge is -2.29. The molecule has 0 radical (unpaired) electrons. The first-order valence-corrected chi connectivity index (χ1v) is 7.20. The van der Waals surface area contributed by atoms with E-state index in [1.165, 1.54) is 0 Å². The zero-order valence-corrected chi connectivity index (χ0v) is 11.9. The molecule has 0 bridgehead atoms. The molecule has 1 N–H and O–H groups in total. The summed E-state index contributed by atoms with van der Waals surface area (Å²) in [5, 5.41) is 8.93. The van der Waals surface area contributed by atoms with Gasteiger partial charge in [0.25, 0.3) is 0 Å². The summed E-state index contributed by atoms with van der Waals surface area (Å²) in [7, 11) is 0. The van der Waals surface area contributed by atoms with Gasteiger partial charge in [-0.2, -0.15) is 0 Å². The Hall–Kier alpha value is -1.36. The third-order valence-corrected chi connectivity index (χ3v) is 4.34. The van der Waals surface area contributed by atoms with Crippen LogP contribution in [0.15, 0.2) is 22.7 Å². The van der Waals surface area contributed by atoms with Crippen LogP contribution >= 0.6 is 15.9 Å². The van der Waals surface area contributed by atoms with Crippen molar-refractivity contribution in [2.75, 3.05) is 11.4 Å². The average molecular weight is 324 g/mol. The minimum Gasteiger partial charge on any atom is -0.481 e. The summed E-state index contributed by atoms with van der Waals surface area (Å²) in [5.74, 6) is -1.69. The van der Waals surface area contributed by atoms with Gasteiger partial charge in [-0.15, -0.1) is 0 Å². The predicted octanol–water partition coefficient (Wildman–Crippen LogP) is 2.45. The maximum absolute atomic E-state index is 12.4. The Morgan fingerprint density at radius 2 is 2.11 bits per heavy atom. The molecule has 2 atom stereocenters. The number of carboxylic acid groups (broad SMARTS) is 1. The molecule has 1 amide bonds. The van der Waals surface area contributed by atoms with E-state index in [9.17, 15) is 9.59 Å². The lowest BCUT2D eigenvalue weighted by molar-refractivity contribution is -0.140. The summed E-state index contributed by atoms with van der Waals surface area (Å²) in [6.45, 7) is 0.691. The summed E-state index contributed by atoms with van der Waals surface area (Å²) in [4.78, 5) is 25.0. The van der Waals surface area contributed by atoms with Gasteiger partial charge in [0.2, 0.25) is 5.91 Å². The van der Waals surface area contributed by atoms with Gasteiger partial charge in [-0.05, 0) is 43.0 Å². The highest BCUT2D eigenvalue weighted by molar-refractivity contribution is 9.10. The van der Waals surface area contributed by atoms with E-state index in [-0.39, 0.29) is 11.8 Å². The number of anilines is 1. The molecule has 5 heteroatoms. The zero-order valence-electron chi connectivity index (χ0n) is 10.3. The van der Waals surface area contributed by atoms with Crippen molar-refractivity contribution in [1.82, 2.24) is 0 Å². The van der Waals surface area contributed by atoms with Crippen molar-refractivity contribution in [2.45, 2.75) is 19.3 Å². The fourth-order valence-corrected chi connectivity index (χ4v) is 3.14. The van der Waals surface area contributed by atoms with Crippen LogP contribution in [-0.2, 0) is 16.0 Å². The monoisotopic (exact) mass is 323 g/mol. The van der Waals surface area contributed by atoms with Crippen LogP contribution in [0.2, 0.25) is 0 Å². The van der Waals surface area contributed by atoms with E-state index in [0.717, 1.165) is 28.6 Å². The van der Waals surface area contributed by atoms with Gasteiger partial charge in [0.15, 0.2) is 0 Å². The maximum atomic E-state index is 12.4. The van der Waals surface area contributed by atoms with E-state index in [2.05, 4.69) is 15.9 Å². The Kier molecular flexibility index (Phi) is 3.09. The number of halogens is 1. The standard InChI is InChI=1S/C14H14BrNO3/c15-9-3-4-12-8(6-9)2-1-5-16(12)13(17)10-7-11(10)14(18)19/h3-4,6,10-11H,1-2,5,7H2,(H,18,19). The average Bonchev–Trinajstić information content (AvgIpc) is 3.17. The number of amides is 1. The molecule has 1 aliphatic carbocycles. The van der Waals surface area contributed by atoms with Crippen molar-refractivity contribution < 1.29 is 14.7 Å². The number of carbonyl (C=O) groups is 2. The quantitative estimate of drug-likeness (QED) is 0.909. The molecular weight excluding hydrogens is 310 g/mol. The van der Waals surface area contributed by atoms with Crippen molar-refractivity contribution >= 4 is 33.5 Å². The minimum atomic E-state index is -0.855. The number of carbonyl (C=O) groups excluding carboxylic acids is 1. The topological polar surface area (TPSA) is 57.6 Å². The summed E-state index contributed by atoms with van der Waals surface area (Å²) in [5.41, 5.74) is 2.09. The molecule has 0 saturated heterocycles. The van der Waals surface area contributed by atoms with Crippen LogP contribution in [0.3, 0.4) is 0 Å². The molecule has 19 heavy (non-hydrogen) atoms. The van der Waals surface area contributed by atoms with E-state index in [1.54, 1.807) is 4.90 Å². The van der Waals surface area contributed by atoms with Gasteiger partial charge in [0.05, 0.1) is 11.8 Å². The van der Waals surface area contributed by atoms with E-state index in [0.29, 0.717) is 13.0 Å². The molecule has 1 saturated carbocycles. The van der Waals surface area contributed by atoms with Gasteiger partial charge in [0.1, 0.15) is 0 Å². The number of benzene rings is 1. The number of carboxylic acids is 1. The molecule has 2 unspecified atom stereocenters. The number of hydrogen-bond acceptors (Lipinski definition) is 2. The Balaban J connectivity index is 1.84. The molecule has 1 aromatic rings. The second-order valence-corrected chi connectivity index (χ2v) is 6.07. The van der Waals surface area contributed by atoms with Gasteiger partial charge < -0.3 is 10.0 Å². The summed E-state index contributed by atoms with van der Waals surface area (Å²) >= 11 is 3.44. The highest BCUT2D eigenvalue weighted by Crippen LogP contribution is 2.42. The summed E-state index contributed by atoms with van der Waals surface area (Å²) in [6.07, 6.45) is 2.38. The fraction of sp³-hybridized carbons (Fsp3) is 0.429. The third-order valence-electron chi connectivity index (χ3n) is 3.85. The predicted molar refractivity (Wildman–Crippen MR) is 74.0 cm³/mol. The second-order valence-electron chi connectivity index (χ2n) is 5.15. The van der Waals surface area contributed by atoms with Crippen LogP contribution in [0, 0.1) is 11.8 Å². The van der Waals surface area contributed by atoms with Crippen LogP contribution in [0.25, 0.3) is 0 Å². The van der Waals surface area contributed by atoms with Crippen LogP contribution in [0.4, 0.5) is 5.69 Å². The van der Waals surface area contributed by atoms with Crippen molar-refractivity contribution in [3.63, 3.8) is 0 Å². The number of aryl methyl sites for hydroxylation is 1. The van der Waals surface area contributed by atoms with Gasteiger partial charge >= 0.3 is 5.97 Å². The van der Waals surface area contributed by atoms with E-state index in [1.807, 2.05) is 18.2 Å². The summed E-state index contributed by atoms with van der Waals surface area (Å²) in [6, 6.07) is 5.90. The Morgan fingerprint density at radius 1 is 1.32 bits per heavy atom. The first kappa shape index (κ1) is 12.7. The lowest BCUT2D eigenvalue weighted by atomic mass is 10.0. The smallest absolute Gasteiger partial charge is 0.307 e. The van der Waals surface area contributed by atoms with Crippen molar-refractivity contribution in [3.8, 4) is 0 Å². The summed E-state index contributed by atoms with van der Waals surface area (Å²) < 4.78 is 1.01. The Labute approximate surface area is 119 Å². The molecule has 1 aliphatic heterocycles. The molecule has 1 heterocycles. The van der Waals surface area contributed by atoms with Crippen molar-refractivity contribution in [2.24, 2.45) is 11.8 Å². The molecular formula is C14H14BrNO3. The van der Waals surface area contributed by atoms with E-state index in [4.69, 9.17) is 5.11 Å². The van der Waals surface area contributed by atoms with Gasteiger partial charge in [-0.25, -0.2) is 0 Å². The first-order chi connectivity index (χ1) is 9.08. The fourth-order valence-electron chi connectivity index (χ4n) is 2.74. The lowest BCUT2D eigenvalue weighted by Crippen LogP contribution is -2.37. The highest BCUT2D eigenvalue weighted by Gasteiger charge is 2.50. The van der Waals surface area contributed by atoms with E-state index < -0.39 is 11.9 Å². The minimum absolute atomic E-state index is 0.0318. The largest absolute Gasteiger partial charge is 0.481 e. The molecule has 4 nitrogen and oxygen atoms in total. The first-order valence-electron chi connectivity index (χ1n) is 6.40. The van der Waals surface area contributed by atoms with E-state index >= 15 is 0 Å². The Bertz CT molecular complexity index is 558. The van der Waals surface area contributed by atoms with Crippen LogP contribution in [0.1, 0.15) is 18.4 Å². The van der Waals surface area contributed by atoms with Crippen LogP contribution in [0.5, 0.6) is 0 Å². The molecule has 0 aromatic heterocycles. The van der Waals surface area contributed by atoms with Crippen molar-refractivity contribution in [3.05, 3.63) is 28.2 Å². The molecule has 1 aromatic carbocycles. The number of fused-ring (bicyclic) bond motifs is 1. The maximum Gasteiger partial charge on any atom is 0.307 e. The normalized spacial score (nSPS) is 24.8. The van der Waals surface area contributed by atoms with Gasteiger partial charge in [-0.3, -0.25) is 9.59 Å². The number of nitrogens with zero attached hydrogens (tertiary/aromatic N) is 1. The molecule has 100 valence electrons. The SMILES string of the molecule is O=C(O)C1CC1C(=O)N1CCCc2cc(Br)ccc21. The van der Waals surface area contributed by atoms with Gasteiger partial charge in [-0.1, -0.05) is 15.9 Å². The van der Waals surface area contributed by atoms with Crippen LogP contribution in [-0.4, -0.2) is 23.5 Å². The van der Waals surface area contributed by atoms with Gasteiger partial charge in [0, 0.05) is 16.7 Å². The Morgan fingerprint density at radius 3 is 2.79 bits per heavy atom. The zero-order chi connectivity index (χ0) is 13.6. The highest BCUT2D eigenvalue weighted by atomic mass is 79.9. The molecule has 2 aliphatic rings. The third kappa shape index (κ3) is 2.27. The van der Waals surface area contributed by atoms with Crippen molar-refractivity contribution in [1.29, 1.82) is 0 Å². The molecule has 0 spiro atoms. The number of aliphatic carboxylic acids is 1. The number of hydrogen-bond donors (Lipinski definition) is 1. The molecule has 1 fully saturated rings.